The van der Waals surface area contributed by atoms with E-state index in [1.165, 1.54) is 31.5 Å². The zero-order chi connectivity index (χ0) is 15.2. The standard InChI is InChI=1S/C13H18N4O4/c1-20-11-7-14-10(6-15-11)16-12(18)9-4-3-5-17(8-9)13(19)21-2/h6-7,9H,3-5,8H2,1-2H3,(H,14,16,18)/t9-/m0/s1. The molecular formula is C13H18N4O4. The molecule has 0 unspecified atom stereocenters. The second kappa shape index (κ2) is 6.87. The van der Waals surface area contributed by atoms with Crippen molar-refractivity contribution in [1.29, 1.82) is 0 Å². The van der Waals surface area contributed by atoms with Crippen LogP contribution >= 0.6 is 0 Å². The van der Waals surface area contributed by atoms with E-state index in [1.807, 2.05) is 0 Å². The summed E-state index contributed by atoms with van der Waals surface area (Å²) < 4.78 is 9.58. The van der Waals surface area contributed by atoms with Crippen molar-refractivity contribution in [3.8, 4) is 5.88 Å². The third kappa shape index (κ3) is 3.80. The Morgan fingerprint density at radius 1 is 1.33 bits per heavy atom. The Morgan fingerprint density at radius 3 is 2.76 bits per heavy atom. The Kier molecular flexibility index (Phi) is 4.91. The molecule has 1 aromatic heterocycles. The zero-order valence-electron chi connectivity index (χ0n) is 12.0. The number of carbonyl (C=O) groups is 2. The van der Waals surface area contributed by atoms with E-state index in [0.717, 1.165) is 12.8 Å². The van der Waals surface area contributed by atoms with Gasteiger partial charge in [-0.1, -0.05) is 0 Å². The van der Waals surface area contributed by atoms with Gasteiger partial charge in [0.15, 0.2) is 5.82 Å². The second-order valence-electron chi connectivity index (χ2n) is 4.69. The Hall–Kier alpha value is -2.38. The molecule has 0 saturated carbocycles. The van der Waals surface area contributed by atoms with Crippen LogP contribution in [0.2, 0.25) is 0 Å². The fourth-order valence-electron chi connectivity index (χ4n) is 2.20. The van der Waals surface area contributed by atoms with E-state index in [9.17, 15) is 9.59 Å². The average molecular weight is 294 g/mol. The predicted octanol–water partition coefficient (Wildman–Crippen LogP) is 0.902. The molecule has 1 aromatic rings. The number of rotatable bonds is 3. The first kappa shape index (κ1) is 15.0. The van der Waals surface area contributed by atoms with Crippen LogP contribution in [0.25, 0.3) is 0 Å². The number of aromatic nitrogens is 2. The molecule has 1 aliphatic rings. The Morgan fingerprint density at radius 2 is 2.14 bits per heavy atom. The van der Waals surface area contributed by atoms with Crippen LogP contribution in [0.3, 0.4) is 0 Å². The summed E-state index contributed by atoms with van der Waals surface area (Å²) in [7, 11) is 2.82. The summed E-state index contributed by atoms with van der Waals surface area (Å²) in [5.41, 5.74) is 0. The van der Waals surface area contributed by atoms with Gasteiger partial charge in [0.1, 0.15) is 0 Å². The van der Waals surface area contributed by atoms with E-state index in [2.05, 4.69) is 20.0 Å². The average Bonchev–Trinajstić information content (AvgIpc) is 2.55. The smallest absolute Gasteiger partial charge is 0.409 e. The van der Waals surface area contributed by atoms with Crippen LogP contribution in [0.1, 0.15) is 12.8 Å². The first-order valence-electron chi connectivity index (χ1n) is 6.64. The lowest BCUT2D eigenvalue weighted by Gasteiger charge is -2.30. The molecule has 21 heavy (non-hydrogen) atoms. The third-order valence-corrected chi connectivity index (χ3v) is 3.31. The molecule has 0 spiro atoms. The van der Waals surface area contributed by atoms with Crippen LogP contribution in [-0.4, -0.2) is 54.2 Å². The highest BCUT2D eigenvalue weighted by Crippen LogP contribution is 2.19. The van der Waals surface area contributed by atoms with Gasteiger partial charge in [-0.3, -0.25) is 4.79 Å². The second-order valence-corrected chi connectivity index (χ2v) is 4.69. The van der Waals surface area contributed by atoms with Gasteiger partial charge >= 0.3 is 6.09 Å². The highest BCUT2D eigenvalue weighted by Gasteiger charge is 2.29. The van der Waals surface area contributed by atoms with E-state index in [0.29, 0.717) is 24.8 Å². The molecule has 1 atom stereocenters. The summed E-state index contributed by atoms with van der Waals surface area (Å²) in [6.45, 7) is 0.959. The van der Waals surface area contributed by atoms with Crippen LogP contribution in [0.5, 0.6) is 5.88 Å². The SMILES string of the molecule is COC(=O)N1CCC[C@H](C(=O)Nc2cnc(OC)cn2)C1. The van der Waals surface area contributed by atoms with Gasteiger partial charge in [-0.15, -0.1) is 0 Å². The van der Waals surface area contributed by atoms with E-state index in [-0.39, 0.29) is 11.8 Å². The molecular weight excluding hydrogens is 276 g/mol. The van der Waals surface area contributed by atoms with Gasteiger partial charge in [0.05, 0.1) is 32.5 Å². The number of methoxy groups -OCH3 is 2. The number of carbonyl (C=O) groups excluding carboxylic acids is 2. The normalized spacial score (nSPS) is 18.0. The highest BCUT2D eigenvalue weighted by molar-refractivity contribution is 5.92. The number of ether oxygens (including phenoxy) is 2. The van der Waals surface area contributed by atoms with E-state index < -0.39 is 6.09 Å². The molecule has 0 aromatic carbocycles. The number of nitrogens with zero attached hydrogens (tertiary/aromatic N) is 3. The first-order valence-corrected chi connectivity index (χ1v) is 6.64. The highest BCUT2D eigenvalue weighted by atomic mass is 16.5. The van der Waals surface area contributed by atoms with Crippen molar-refractivity contribution < 1.29 is 19.1 Å². The summed E-state index contributed by atoms with van der Waals surface area (Å²) in [6.07, 6.45) is 3.94. The van der Waals surface area contributed by atoms with Gasteiger partial charge in [-0.25, -0.2) is 14.8 Å². The van der Waals surface area contributed by atoms with Gasteiger partial charge in [-0.05, 0) is 12.8 Å². The summed E-state index contributed by atoms with van der Waals surface area (Å²) in [5, 5.41) is 2.69. The number of hydrogen-bond donors (Lipinski definition) is 1. The molecule has 0 radical (unpaired) electrons. The van der Waals surface area contributed by atoms with Crippen LogP contribution in [0, 0.1) is 5.92 Å². The molecule has 1 saturated heterocycles. The number of nitrogens with one attached hydrogen (secondary N) is 1. The van der Waals surface area contributed by atoms with Crippen LogP contribution in [-0.2, 0) is 9.53 Å². The molecule has 0 bridgehead atoms. The molecule has 8 heteroatoms. The maximum atomic E-state index is 12.2. The van der Waals surface area contributed by atoms with Gasteiger partial charge in [0.2, 0.25) is 11.8 Å². The molecule has 2 amide bonds. The molecule has 2 rings (SSSR count). The molecule has 1 aliphatic heterocycles. The molecule has 1 N–H and O–H groups in total. The monoisotopic (exact) mass is 294 g/mol. The Balaban J connectivity index is 1.94. The van der Waals surface area contributed by atoms with Crippen LogP contribution in [0.4, 0.5) is 10.6 Å². The Labute approximate surface area is 122 Å². The predicted molar refractivity (Wildman–Crippen MR) is 73.9 cm³/mol. The minimum absolute atomic E-state index is 0.178. The largest absolute Gasteiger partial charge is 0.480 e. The lowest BCUT2D eigenvalue weighted by Crippen LogP contribution is -2.43. The molecule has 0 aliphatic carbocycles. The van der Waals surface area contributed by atoms with Crippen LogP contribution < -0.4 is 10.1 Å². The number of hydrogen-bond acceptors (Lipinski definition) is 6. The molecule has 8 nitrogen and oxygen atoms in total. The van der Waals surface area contributed by atoms with Crippen LogP contribution in [0.15, 0.2) is 12.4 Å². The third-order valence-electron chi connectivity index (χ3n) is 3.31. The minimum Gasteiger partial charge on any atom is -0.480 e. The van der Waals surface area contributed by atoms with Gasteiger partial charge in [0, 0.05) is 13.1 Å². The molecule has 114 valence electrons. The van der Waals surface area contributed by atoms with Gasteiger partial charge in [0.25, 0.3) is 0 Å². The van der Waals surface area contributed by atoms with Gasteiger partial charge < -0.3 is 19.7 Å². The summed E-state index contributed by atoms with van der Waals surface area (Å²) in [5.74, 6) is 0.281. The van der Waals surface area contributed by atoms with Crippen molar-refractivity contribution in [2.75, 3.05) is 32.6 Å². The number of likely N-dealkylation sites (tertiary alicyclic amines) is 1. The summed E-state index contributed by atoms with van der Waals surface area (Å²) >= 11 is 0. The van der Waals surface area contributed by atoms with Crippen molar-refractivity contribution in [1.82, 2.24) is 14.9 Å². The minimum atomic E-state index is -0.406. The van der Waals surface area contributed by atoms with Crippen molar-refractivity contribution >= 4 is 17.8 Å². The quantitative estimate of drug-likeness (QED) is 0.890. The number of anilines is 1. The summed E-state index contributed by atoms with van der Waals surface area (Å²) in [6, 6.07) is 0. The fraction of sp³-hybridized carbons (Fsp3) is 0.538. The molecule has 1 fully saturated rings. The molecule has 2 heterocycles. The van der Waals surface area contributed by atoms with E-state index >= 15 is 0 Å². The lowest BCUT2D eigenvalue weighted by molar-refractivity contribution is -0.121. The topological polar surface area (TPSA) is 93.7 Å². The van der Waals surface area contributed by atoms with Crippen molar-refractivity contribution in [2.45, 2.75) is 12.8 Å². The number of amides is 2. The van der Waals surface area contributed by atoms with Crippen molar-refractivity contribution in [2.24, 2.45) is 5.92 Å². The lowest BCUT2D eigenvalue weighted by atomic mass is 9.97. The summed E-state index contributed by atoms with van der Waals surface area (Å²) in [4.78, 5) is 33.2. The van der Waals surface area contributed by atoms with E-state index in [4.69, 9.17) is 4.74 Å². The maximum absolute atomic E-state index is 12.2. The zero-order valence-corrected chi connectivity index (χ0v) is 12.0. The fourth-order valence-corrected chi connectivity index (χ4v) is 2.20. The van der Waals surface area contributed by atoms with E-state index in [1.54, 1.807) is 0 Å². The maximum Gasteiger partial charge on any atom is 0.409 e. The first-order chi connectivity index (χ1) is 10.1. The van der Waals surface area contributed by atoms with Crippen molar-refractivity contribution in [3.05, 3.63) is 12.4 Å². The Bertz CT molecular complexity index is 505. The van der Waals surface area contributed by atoms with Crippen molar-refractivity contribution in [3.63, 3.8) is 0 Å². The van der Waals surface area contributed by atoms with Gasteiger partial charge in [-0.2, -0.15) is 0 Å². The number of piperidine rings is 1.